The number of ether oxygens (including phenoxy) is 4. The molecule has 0 radical (unpaired) electrons. The minimum absolute atomic E-state index is 0.109. The van der Waals surface area contributed by atoms with Crippen LogP contribution in [0.2, 0.25) is 0 Å². The Balaban J connectivity index is 5.21. The summed E-state index contributed by atoms with van der Waals surface area (Å²) in [6.45, 7) is 5.01. The first kappa shape index (κ1) is 97.1. The van der Waals surface area contributed by atoms with Crippen molar-refractivity contribution in [3.05, 3.63) is 0 Å². The van der Waals surface area contributed by atoms with E-state index >= 15 is 0 Å². The maximum atomic E-state index is 13.1. The normalized spacial score (nSPS) is 13.8. The largest absolute Gasteiger partial charge is 0.472 e. The van der Waals surface area contributed by atoms with Crippen molar-refractivity contribution in [3.8, 4) is 0 Å². The van der Waals surface area contributed by atoms with Crippen LogP contribution < -0.4 is 0 Å². The molecule has 0 saturated heterocycles. The number of esters is 4. The van der Waals surface area contributed by atoms with Crippen LogP contribution in [0.3, 0.4) is 0 Å². The molecule has 0 bridgehead atoms. The lowest BCUT2D eigenvalue weighted by Crippen LogP contribution is -2.30. The van der Waals surface area contributed by atoms with Gasteiger partial charge < -0.3 is 33.8 Å². The SMILES string of the molecule is CCCCCCCCCCCCCCCCCCCCCC(=O)O[C@H](COC(=O)CCCCCCCCCCCCCCCCCCC)COP(=O)(O)OC[C@@H](O)COP(=O)(O)OC[C@@H](COC(=O)CCCCCCCCCCC)OC(=O)CCCCCCCCCCCCCCCC. The number of rotatable bonds is 81. The van der Waals surface area contributed by atoms with Crippen LogP contribution in [0.15, 0.2) is 0 Å². The molecule has 5 atom stereocenters. The van der Waals surface area contributed by atoms with Gasteiger partial charge in [0, 0.05) is 25.7 Å². The molecule has 17 nitrogen and oxygen atoms in total. The van der Waals surface area contributed by atoms with Crippen LogP contribution in [0.5, 0.6) is 0 Å². The first-order valence-corrected chi connectivity index (χ1v) is 44.8. The number of unbranched alkanes of at least 4 members (excludes halogenated alkanes) is 55. The summed E-state index contributed by atoms with van der Waals surface area (Å²) in [6.07, 6.45) is 66.6. The van der Waals surface area contributed by atoms with Gasteiger partial charge in [-0.2, -0.15) is 0 Å². The molecule has 19 heteroatoms. The number of aliphatic hydroxyl groups is 1. The van der Waals surface area contributed by atoms with E-state index in [4.69, 9.17) is 37.0 Å². The van der Waals surface area contributed by atoms with Gasteiger partial charge in [0.05, 0.1) is 26.4 Å². The number of phosphoric acid groups is 2. The monoisotopic (exact) mass is 1450 g/mol. The van der Waals surface area contributed by atoms with Crippen molar-refractivity contribution in [1.29, 1.82) is 0 Å². The minimum atomic E-state index is -4.96. The number of hydrogen-bond donors (Lipinski definition) is 3. The van der Waals surface area contributed by atoms with Gasteiger partial charge in [0.1, 0.15) is 19.3 Å². The van der Waals surface area contributed by atoms with Crippen LogP contribution in [0.4, 0.5) is 0 Å². The van der Waals surface area contributed by atoms with Gasteiger partial charge in [-0.15, -0.1) is 0 Å². The van der Waals surface area contributed by atoms with Crippen LogP contribution in [-0.4, -0.2) is 96.7 Å². The number of aliphatic hydroxyl groups excluding tert-OH is 1. The van der Waals surface area contributed by atoms with E-state index in [1.807, 2.05) is 0 Å². The summed E-state index contributed by atoms with van der Waals surface area (Å²) in [4.78, 5) is 72.9. The second-order valence-corrected chi connectivity index (χ2v) is 31.7. The predicted octanol–water partition coefficient (Wildman–Crippen LogP) is 24.2. The van der Waals surface area contributed by atoms with E-state index in [-0.39, 0.29) is 25.7 Å². The summed E-state index contributed by atoms with van der Waals surface area (Å²) >= 11 is 0. The molecule has 0 rings (SSSR count). The van der Waals surface area contributed by atoms with E-state index in [9.17, 15) is 43.2 Å². The van der Waals surface area contributed by atoms with Gasteiger partial charge in [-0.05, 0) is 25.7 Å². The molecule has 0 aromatic heterocycles. The average molecular weight is 1450 g/mol. The topological polar surface area (TPSA) is 237 Å². The third kappa shape index (κ3) is 74.1. The minimum Gasteiger partial charge on any atom is -0.462 e. The van der Waals surface area contributed by atoms with Crippen LogP contribution in [-0.2, 0) is 65.4 Å². The molecule has 2 unspecified atom stereocenters. The molecule has 0 amide bonds. The van der Waals surface area contributed by atoms with Gasteiger partial charge in [0.15, 0.2) is 12.2 Å². The molecule has 588 valence electrons. The van der Waals surface area contributed by atoms with Gasteiger partial charge in [-0.3, -0.25) is 37.3 Å². The smallest absolute Gasteiger partial charge is 0.462 e. The fourth-order valence-corrected chi connectivity index (χ4v) is 14.0. The van der Waals surface area contributed by atoms with Crippen LogP contribution in [0.25, 0.3) is 0 Å². The summed E-state index contributed by atoms with van der Waals surface area (Å²) < 4.78 is 68.7. The Hall–Kier alpha value is -1.94. The van der Waals surface area contributed by atoms with Crippen molar-refractivity contribution in [2.24, 2.45) is 0 Å². The lowest BCUT2D eigenvalue weighted by molar-refractivity contribution is -0.161. The zero-order valence-electron chi connectivity index (χ0n) is 64.5. The Kier molecular flexibility index (Phi) is 72.9. The Morgan fingerprint density at radius 1 is 0.242 bits per heavy atom. The highest BCUT2D eigenvalue weighted by molar-refractivity contribution is 7.47. The molecule has 0 fully saturated rings. The van der Waals surface area contributed by atoms with Gasteiger partial charge in [-0.25, -0.2) is 9.13 Å². The molecule has 0 heterocycles. The average Bonchev–Trinajstić information content (AvgIpc) is 0.991. The van der Waals surface area contributed by atoms with Gasteiger partial charge in [0.2, 0.25) is 0 Å². The number of hydrogen-bond acceptors (Lipinski definition) is 15. The molecule has 0 aromatic carbocycles. The second kappa shape index (κ2) is 74.3. The van der Waals surface area contributed by atoms with Crippen molar-refractivity contribution in [2.75, 3.05) is 39.6 Å². The van der Waals surface area contributed by atoms with E-state index < -0.39 is 97.5 Å². The van der Waals surface area contributed by atoms with Gasteiger partial charge in [0.25, 0.3) is 0 Å². The zero-order chi connectivity index (χ0) is 72.5. The quantitative estimate of drug-likeness (QED) is 0.0222. The zero-order valence-corrected chi connectivity index (χ0v) is 66.3. The van der Waals surface area contributed by atoms with Crippen molar-refractivity contribution < 1.29 is 80.2 Å². The number of carbonyl (C=O) groups excluding carboxylic acids is 4. The molecule has 99 heavy (non-hydrogen) atoms. The highest BCUT2D eigenvalue weighted by Crippen LogP contribution is 2.45. The maximum absolute atomic E-state index is 13.1. The third-order valence-electron chi connectivity index (χ3n) is 18.9. The Morgan fingerprint density at radius 3 is 0.596 bits per heavy atom. The van der Waals surface area contributed by atoms with E-state index in [0.717, 1.165) is 89.9 Å². The van der Waals surface area contributed by atoms with Gasteiger partial charge >= 0.3 is 39.5 Å². The molecule has 0 saturated carbocycles. The van der Waals surface area contributed by atoms with Crippen molar-refractivity contribution in [2.45, 2.75) is 451 Å². The molecule has 0 aliphatic carbocycles. The first-order valence-electron chi connectivity index (χ1n) is 41.8. The number of carbonyl (C=O) groups is 4. The summed E-state index contributed by atoms with van der Waals surface area (Å²) in [6, 6.07) is 0. The lowest BCUT2D eigenvalue weighted by atomic mass is 10.0. The highest BCUT2D eigenvalue weighted by Gasteiger charge is 2.30. The summed E-state index contributed by atoms with van der Waals surface area (Å²) in [7, 11) is -9.91. The fraction of sp³-hybridized carbons (Fsp3) is 0.950. The third-order valence-corrected chi connectivity index (χ3v) is 20.8. The predicted molar refractivity (Wildman–Crippen MR) is 405 cm³/mol. The van der Waals surface area contributed by atoms with E-state index in [1.54, 1.807) is 0 Å². The van der Waals surface area contributed by atoms with E-state index in [2.05, 4.69) is 27.7 Å². The highest BCUT2D eigenvalue weighted by atomic mass is 31.2. The summed E-state index contributed by atoms with van der Waals surface area (Å²) in [5.41, 5.74) is 0. The standard InChI is InChI=1S/C80H156O17P2/c1-5-9-13-17-21-25-28-31-34-36-37-39-41-44-47-51-55-59-63-67-80(85)97-76(71-91-78(83)65-61-57-53-49-45-43-40-38-35-32-29-26-22-18-14-10-6-2)73-95-99(88,89)93-69-74(81)68-92-98(86,87)94-72-75(70-90-77(82)64-60-56-52-48-24-20-16-12-8-4)96-79(84)66-62-58-54-50-46-42-33-30-27-23-19-15-11-7-3/h74-76,81H,5-73H2,1-4H3,(H,86,87)(H,88,89)/t74-,75+,76+/m0/s1. The fourth-order valence-electron chi connectivity index (χ4n) is 12.5. The molecule has 0 spiro atoms. The lowest BCUT2D eigenvalue weighted by Gasteiger charge is -2.21. The van der Waals surface area contributed by atoms with E-state index in [1.165, 1.54) is 263 Å². The molecule has 0 aromatic rings. The molecule has 0 aliphatic rings. The Labute approximate surface area is 607 Å². The second-order valence-electron chi connectivity index (χ2n) is 28.8. The molecule has 3 N–H and O–H groups in total. The Bertz CT molecular complexity index is 1880. The summed E-state index contributed by atoms with van der Waals surface area (Å²) in [5.74, 6) is -2.11. The summed E-state index contributed by atoms with van der Waals surface area (Å²) in [5, 5.41) is 10.6. The van der Waals surface area contributed by atoms with Crippen molar-refractivity contribution >= 4 is 39.5 Å². The van der Waals surface area contributed by atoms with Gasteiger partial charge in [-0.1, -0.05) is 381 Å². The Morgan fingerprint density at radius 2 is 0.404 bits per heavy atom. The molecule has 0 aliphatic heterocycles. The van der Waals surface area contributed by atoms with E-state index in [0.29, 0.717) is 25.7 Å². The van der Waals surface area contributed by atoms with Crippen LogP contribution in [0, 0.1) is 0 Å². The maximum Gasteiger partial charge on any atom is 0.472 e. The van der Waals surface area contributed by atoms with Crippen molar-refractivity contribution in [1.82, 2.24) is 0 Å². The molecular weight excluding hydrogens is 1290 g/mol. The number of phosphoric ester groups is 2. The van der Waals surface area contributed by atoms with Crippen molar-refractivity contribution in [3.63, 3.8) is 0 Å². The molecular formula is C80H156O17P2. The van der Waals surface area contributed by atoms with Crippen LogP contribution in [0.1, 0.15) is 432 Å². The van der Waals surface area contributed by atoms with Crippen LogP contribution >= 0.6 is 15.6 Å². The first-order chi connectivity index (χ1) is 48.2.